The lowest BCUT2D eigenvalue weighted by Crippen LogP contribution is -2.32. The molecule has 1 N–H and O–H groups in total. The maximum absolute atomic E-state index is 3.61. The van der Waals surface area contributed by atoms with E-state index in [1.54, 1.807) is 0 Å². The van der Waals surface area contributed by atoms with Crippen molar-refractivity contribution in [1.82, 2.24) is 5.32 Å². The predicted molar refractivity (Wildman–Crippen MR) is 89.7 cm³/mol. The number of hydrogen-bond acceptors (Lipinski definition) is 2. The zero-order chi connectivity index (χ0) is 14.4. The van der Waals surface area contributed by atoms with Gasteiger partial charge in [0, 0.05) is 10.9 Å². The van der Waals surface area contributed by atoms with E-state index in [9.17, 15) is 0 Å². The van der Waals surface area contributed by atoms with Crippen LogP contribution in [-0.4, -0.2) is 12.6 Å². The van der Waals surface area contributed by atoms with Crippen LogP contribution in [0.5, 0.6) is 0 Å². The van der Waals surface area contributed by atoms with E-state index in [0.717, 1.165) is 19.4 Å². The molecule has 2 aromatic rings. The van der Waals surface area contributed by atoms with E-state index < -0.39 is 0 Å². The molecule has 0 aliphatic carbocycles. The monoisotopic (exact) mass is 287 g/mol. The van der Waals surface area contributed by atoms with Gasteiger partial charge >= 0.3 is 0 Å². The van der Waals surface area contributed by atoms with E-state index in [1.165, 1.54) is 16.0 Å². The van der Waals surface area contributed by atoms with Crippen LogP contribution >= 0.6 is 11.3 Å². The molecule has 0 radical (unpaired) electrons. The zero-order valence-corrected chi connectivity index (χ0v) is 13.5. The number of thiophene rings is 1. The van der Waals surface area contributed by atoms with Crippen molar-refractivity contribution < 1.29 is 0 Å². The molecule has 1 unspecified atom stereocenters. The normalized spacial score (nSPS) is 12.8. The molecular weight excluding hydrogens is 262 g/mol. The van der Waals surface area contributed by atoms with Gasteiger partial charge < -0.3 is 5.32 Å². The molecule has 2 rings (SSSR count). The van der Waals surface area contributed by atoms with Gasteiger partial charge in [-0.25, -0.2) is 0 Å². The molecule has 20 heavy (non-hydrogen) atoms. The molecular formula is C18H25NS. The summed E-state index contributed by atoms with van der Waals surface area (Å²) in [4.78, 5) is 1.47. The summed E-state index contributed by atoms with van der Waals surface area (Å²) in [7, 11) is 0. The Bertz CT molecular complexity index is 485. The molecule has 1 heterocycles. The number of hydrogen-bond donors (Lipinski definition) is 1. The molecule has 0 aliphatic rings. The minimum atomic E-state index is 0.531. The van der Waals surface area contributed by atoms with Gasteiger partial charge in [-0.3, -0.25) is 0 Å². The summed E-state index contributed by atoms with van der Waals surface area (Å²) in [5.74, 6) is 0.611. The lowest BCUT2D eigenvalue weighted by molar-refractivity contribution is 0.524. The Morgan fingerprint density at radius 1 is 1.05 bits per heavy atom. The first-order chi connectivity index (χ1) is 9.69. The standard InChI is InChI=1S/C18H25NS/c1-4-19-17(13-18-6-5-11-20-18)12-15-7-9-16(10-8-15)14(2)3/h5-11,14,17,19H,4,12-13H2,1-3H3. The smallest absolute Gasteiger partial charge is 0.0156 e. The van der Waals surface area contributed by atoms with Gasteiger partial charge in [-0.1, -0.05) is 51.1 Å². The van der Waals surface area contributed by atoms with Crippen LogP contribution in [0.1, 0.15) is 42.7 Å². The van der Waals surface area contributed by atoms with Crippen LogP contribution in [0, 0.1) is 0 Å². The highest BCUT2D eigenvalue weighted by Crippen LogP contribution is 2.17. The van der Waals surface area contributed by atoms with E-state index in [1.807, 2.05) is 11.3 Å². The summed E-state index contributed by atoms with van der Waals surface area (Å²) >= 11 is 1.85. The molecule has 1 aromatic heterocycles. The Kier molecular flexibility index (Phi) is 5.81. The van der Waals surface area contributed by atoms with Crippen LogP contribution in [-0.2, 0) is 12.8 Å². The van der Waals surface area contributed by atoms with Gasteiger partial charge in [0.05, 0.1) is 0 Å². The van der Waals surface area contributed by atoms with E-state index in [4.69, 9.17) is 0 Å². The summed E-state index contributed by atoms with van der Waals surface area (Å²) in [6.45, 7) is 7.70. The van der Waals surface area contributed by atoms with Crippen molar-refractivity contribution in [1.29, 1.82) is 0 Å². The highest BCUT2D eigenvalue weighted by atomic mass is 32.1. The highest BCUT2D eigenvalue weighted by Gasteiger charge is 2.10. The third kappa shape index (κ3) is 4.46. The second-order valence-electron chi connectivity index (χ2n) is 5.64. The molecule has 0 fully saturated rings. The van der Waals surface area contributed by atoms with Gasteiger partial charge in [0.25, 0.3) is 0 Å². The summed E-state index contributed by atoms with van der Waals surface area (Å²) in [5.41, 5.74) is 2.85. The predicted octanol–water partition coefficient (Wildman–Crippen LogP) is 4.63. The minimum Gasteiger partial charge on any atom is -0.314 e. The van der Waals surface area contributed by atoms with Crippen molar-refractivity contribution in [2.24, 2.45) is 0 Å². The molecule has 1 nitrogen and oxygen atoms in total. The topological polar surface area (TPSA) is 12.0 Å². The number of nitrogens with one attached hydrogen (secondary N) is 1. The Balaban J connectivity index is 2.00. The molecule has 0 saturated heterocycles. The van der Waals surface area contributed by atoms with Crippen LogP contribution in [0.3, 0.4) is 0 Å². The van der Waals surface area contributed by atoms with Crippen LogP contribution in [0.2, 0.25) is 0 Å². The first-order valence-electron chi connectivity index (χ1n) is 7.53. The van der Waals surface area contributed by atoms with Crippen molar-refractivity contribution in [2.45, 2.75) is 45.6 Å². The van der Waals surface area contributed by atoms with Gasteiger partial charge in [0.1, 0.15) is 0 Å². The van der Waals surface area contributed by atoms with Crippen molar-refractivity contribution in [3.8, 4) is 0 Å². The second kappa shape index (κ2) is 7.61. The SMILES string of the molecule is CCNC(Cc1ccc(C(C)C)cc1)Cc1cccs1. The van der Waals surface area contributed by atoms with E-state index in [-0.39, 0.29) is 0 Å². The van der Waals surface area contributed by atoms with Gasteiger partial charge in [0.15, 0.2) is 0 Å². The average molecular weight is 287 g/mol. The lowest BCUT2D eigenvalue weighted by atomic mass is 9.98. The maximum atomic E-state index is 3.61. The van der Waals surface area contributed by atoms with Crippen LogP contribution in [0.25, 0.3) is 0 Å². The minimum absolute atomic E-state index is 0.531. The Morgan fingerprint density at radius 2 is 1.80 bits per heavy atom. The van der Waals surface area contributed by atoms with Crippen LogP contribution in [0.4, 0.5) is 0 Å². The molecule has 2 heteroatoms. The molecule has 0 saturated carbocycles. The fourth-order valence-corrected chi connectivity index (χ4v) is 3.29. The summed E-state index contributed by atoms with van der Waals surface area (Å²) in [6.07, 6.45) is 2.22. The molecule has 1 atom stereocenters. The number of likely N-dealkylation sites (N-methyl/N-ethyl adjacent to an activating group) is 1. The van der Waals surface area contributed by atoms with Gasteiger partial charge in [0.2, 0.25) is 0 Å². The molecule has 0 amide bonds. The summed E-state index contributed by atoms with van der Waals surface area (Å²) in [6, 6.07) is 14.0. The van der Waals surface area contributed by atoms with E-state index in [0.29, 0.717) is 12.0 Å². The van der Waals surface area contributed by atoms with Crippen molar-refractivity contribution in [3.63, 3.8) is 0 Å². The average Bonchev–Trinajstić information content (AvgIpc) is 2.92. The Hall–Kier alpha value is -1.12. The number of rotatable bonds is 7. The first-order valence-corrected chi connectivity index (χ1v) is 8.41. The maximum Gasteiger partial charge on any atom is 0.0156 e. The van der Waals surface area contributed by atoms with E-state index in [2.05, 4.69) is 67.9 Å². The molecule has 0 aliphatic heterocycles. The van der Waals surface area contributed by atoms with Crippen molar-refractivity contribution >= 4 is 11.3 Å². The first kappa shape index (κ1) is 15.3. The summed E-state index contributed by atoms with van der Waals surface area (Å²) < 4.78 is 0. The number of benzene rings is 1. The molecule has 0 spiro atoms. The second-order valence-corrected chi connectivity index (χ2v) is 6.67. The third-order valence-corrected chi connectivity index (χ3v) is 4.55. The van der Waals surface area contributed by atoms with E-state index >= 15 is 0 Å². The van der Waals surface area contributed by atoms with Crippen LogP contribution in [0.15, 0.2) is 41.8 Å². The fourth-order valence-electron chi connectivity index (χ4n) is 2.50. The molecule has 1 aromatic carbocycles. The van der Waals surface area contributed by atoms with Gasteiger partial charge in [-0.2, -0.15) is 0 Å². The van der Waals surface area contributed by atoms with Gasteiger partial charge in [-0.15, -0.1) is 11.3 Å². The van der Waals surface area contributed by atoms with Gasteiger partial charge in [-0.05, 0) is 47.9 Å². The fraction of sp³-hybridized carbons (Fsp3) is 0.444. The Labute approximate surface area is 127 Å². The molecule has 0 bridgehead atoms. The van der Waals surface area contributed by atoms with Crippen LogP contribution < -0.4 is 5.32 Å². The largest absolute Gasteiger partial charge is 0.314 e. The summed E-state index contributed by atoms with van der Waals surface area (Å²) in [5, 5.41) is 5.78. The highest BCUT2D eigenvalue weighted by molar-refractivity contribution is 7.09. The quantitative estimate of drug-likeness (QED) is 0.782. The Morgan fingerprint density at radius 3 is 2.35 bits per heavy atom. The zero-order valence-electron chi connectivity index (χ0n) is 12.7. The lowest BCUT2D eigenvalue weighted by Gasteiger charge is -2.17. The third-order valence-electron chi connectivity index (χ3n) is 3.65. The molecule has 108 valence electrons. The van der Waals surface area contributed by atoms with Crippen molar-refractivity contribution in [2.75, 3.05) is 6.54 Å². The van der Waals surface area contributed by atoms with Crippen molar-refractivity contribution in [3.05, 3.63) is 57.8 Å².